The summed E-state index contributed by atoms with van der Waals surface area (Å²) in [5.74, 6) is -0.248. The van der Waals surface area contributed by atoms with E-state index >= 15 is 0 Å². The fourth-order valence-corrected chi connectivity index (χ4v) is 1.34. The standard InChI is InChI=1S/C10H17NO2/c1-10(2,3)13-9(12)7-5-4-6-8(7)11/h4-6,11H2,1-3H3. The molecule has 0 aromatic rings. The van der Waals surface area contributed by atoms with E-state index in [1.165, 1.54) is 0 Å². The van der Waals surface area contributed by atoms with Gasteiger partial charge in [-0.25, -0.2) is 4.79 Å². The molecule has 3 heteroatoms. The Labute approximate surface area is 78.9 Å². The first-order chi connectivity index (χ1) is 5.90. The van der Waals surface area contributed by atoms with Gasteiger partial charge in [0, 0.05) is 5.70 Å². The molecule has 0 bridgehead atoms. The molecule has 1 rings (SSSR count). The highest BCUT2D eigenvalue weighted by Crippen LogP contribution is 2.24. The highest BCUT2D eigenvalue weighted by Gasteiger charge is 2.24. The van der Waals surface area contributed by atoms with Crippen LogP contribution in [-0.2, 0) is 9.53 Å². The van der Waals surface area contributed by atoms with E-state index in [-0.39, 0.29) is 5.97 Å². The maximum absolute atomic E-state index is 11.5. The predicted molar refractivity (Wildman–Crippen MR) is 50.9 cm³/mol. The van der Waals surface area contributed by atoms with Crippen molar-refractivity contribution in [3.63, 3.8) is 0 Å². The van der Waals surface area contributed by atoms with Gasteiger partial charge in [0.05, 0.1) is 5.57 Å². The van der Waals surface area contributed by atoms with Gasteiger partial charge in [0.25, 0.3) is 0 Å². The number of ether oxygens (including phenoxy) is 1. The van der Waals surface area contributed by atoms with Crippen molar-refractivity contribution in [3.8, 4) is 0 Å². The van der Waals surface area contributed by atoms with Crippen molar-refractivity contribution in [1.29, 1.82) is 0 Å². The second kappa shape index (κ2) is 3.40. The van der Waals surface area contributed by atoms with Crippen LogP contribution in [0, 0.1) is 0 Å². The molecule has 1 aliphatic rings. The molecule has 0 saturated heterocycles. The summed E-state index contributed by atoms with van der Waals surface area (Å²) in [5.41, 5.74) is 6.63. The maximum Gasteiger partial charge on any atom is 0.336 e. The molecule has 0 unspecified atom stereocenters. The summed E-state index contributed by atoms with van der Waals surface area (Å²) in [6, 6.07) is 0. The lowest BCUT2D eigenvalue weighted by atomic mass is 10.1. The Morgan fingerprint density at radius 1 is 1.38 bits per heavy atom. The van der Waals surface area contributed by atoms with Crippen molar-refractivity contribution in [2.24, 2.45) is 5.73 Å². The Kier molecular flexibility index (Phi) is 2.64. The molecule has 2 N–H and O–H groups in total. The summed E-state index contributed by atoms with van der Waals surface area (Å²) in [7, 11) is 0. The minimum absolute atomic E-state index is 0.248. The molecule has 1 aliphatic carbocycles. The van der Waals surface area contributed by atoms with Crippen LogP contribution >= 0.6 is 0 Å². The Hall–Kier alpha value is -0.990. The highest BCUT2D eigenvalue weighted by atomic mass is 16.6. The number of carbonyl (C=O) groups is 1. The number of esters is 1. The predicted octanol–water partition coefficient (Wildman–Crippen LogP) is 1.72. The first-order valence-electron chi connectivity index (χ1n) is 4.61. The number of carbonyl (C=O) groups excluding carboxylic acids is 1. The molecule has 0 atom stereocenters. The van der Waals surface area contributed by atoms with Gasteiger partial charge in [-0.2, -0.15) is 0 Å². The van der Waals surface area contributed by atoms with Crippen LogP contribution in [0.3, 0.4) is 0 Å². The lowest BCUT2D eigenvalue weighted by Crippen LogP contribution is -2.25. The number of rotatable bonds is 1. The lowest BCUT2D eigenvalue weighted by molar-refractivity contribution is -0.150. The topological polar surface area (TPSA) is 52.3 Å². The third-order valence-corrected chi connectivity index (χ3v) is 1.91. The number of allylic oxidation sites excluding steroid dienone is 1. The van der Waals surface area contributed by atoms with Crippen molar-refractivity contribution in [3.05, 3.63) is 11.3 Å². The second-order valence-electron chi connectivity index (χ2n) is 4.36. The fourth-order valence-electron chi connectivity index (χ4n) is 1.34. The average molecular weight is 183 g/mol. The molecule has 0 fully saturated rings. The van der Waals surface area contributed by atoms with Gasteiger partial charge in [0.15, 0.2) is 0 Å². The van der Waals surface area contributed by atoms with Crippen LogP contribution < -0.4 is 5.73 Å². The molecule has 0 aliphatic heterocycles. The first-order valence-corrected chi connectivity index (χ1v) is 4.61. The third-order valence-electron chi connectivity index (χ3n) is 1.91. The van der Waals surface area contributed by atoms with Crippen molar-refractivity contribution in [1.82, 2.24) is 0 Å². The van der Waals surface area contributed by atoms with Crippen molar-refractivity contribution < 1.29 is 9.53 Å². The van der Waals surface area contributed by atoms with Crippen LogP contribution in [0.1, 0.15) is 40.0 Å². The maximum atomic E-state index is 11.5. The van der Waals surface area contributed by atoms with E-state index in [0.29, 0.717) is 11.3 Å². The molecule has 0 aromatic carbocycles. The Morgan fingerprint density at radius 2 is 2.00 bits per heavy atom. The normalized spacial score (nSPS) is 17.8. The van der Waals surface area contributed by atoms with Crippen LogP contribution in [0.25, 0.3) is 0 Å². The molecular weight excluding hydrogens is 166 g/mol. The van der Waals surface area contributed by atoms with Gasteiger partial charge >= 0.3 is 5.97 Å². The summed E-state index contributed by atoms with van der Waals surface area (Å²) in [4.78, 5) is 11.5. The number of hydrogen-bond donors (Lipinski definition) is 1. The van der Waals surface area contributed by atoms with E-state index in [4.69, 9.17) is 10.5 Å². The van der Waals surface area contributed by atoms with E-state index < -0.39 is 5.60 Å². The van der Waals surface area contributed by atoms with Crippen LogP contribution in [0.15, 0.2) is 11.3 Å². The summed E-state index contributed by atoms with van der Waals surface area (Å²) in [6.07, 6.45) is 2.57. The molecule has 0 amide bonds. The van der Waals surface area contributed by atoms with E-state index in [9.17, 15) is 4.79 Å². The monoisotopic (exact) mass is 183 g/mol. The summed E-state index contributed by atoms with van der Waals surface area (Å²) < 4.78 is 5.22. The summed E-state index contributed by atoms with van der Waals surface area (Å²) in [6.45, 7) is 5.57. The number of nitrogens with two attached hydrogens (primary N) is 1. The Bertz CT molecular complexity index is 248. The molecule has 0 aromatic heterocycles. The molecule has 0 radical (unpaired) electrons. The quantitative estimate of drug-likeness (QED) is 0.630. The smallest absolute Gasteiger partial charge is 0.336 e. The van der Waals surface area contributed by atoms with E-state index in [1.807, 2.05) is 20.8 Å². The second-order valence-corrected chi connectivity index (χ2v) is 4.36. The SMILES string of the molecule is CC(C)(C)OC(=O)C1=C(N)CCC1. The largest absolute Gasteiger partial charge is 0.457 e. The molecule has 0 spiro atoms. The summed E-state index contributed by atoms with van der Waals surface area (Å²) >= 11 is 0. The van der Waals surface area contributed by atoms with Crippen LogP contribution in [0.5, 0.6) is 0 Å². The molecule has 0 saturated carbocycles. The third kappa shape index (κ3) is 2.76. The Morgan fingerprint density at radius 3 is 2.38 bits per heavy atom. The highest BCUT2D eigenvalue weighted by molar-refractivity contribution is 5.90. The van der Waals surface area contributed by atoms with Crippen molar-refractivity contribution in [2.75, 3.05) is 0 Å². The van der Waals surface area contributed by atoms with Crippen LogP contribution in [0.2, 0.25) is 0 Å². The van der Waals surface area contributed by atoms with Gasteiger partial charge in [-0.05, 0) is 40.0 Å². The zero-order chi connectivity index (χ0) is 10.1. The molecule has 74 valence electrons. The average Bonchev–Trinajstić information content (AvgIpc) is 2.30. The van der Waals surface area contributed by atoms with E-state index in [2.05, 4.69) is 0 Å². The van der Waals surface area contributed by atoms with Crippen molar-refractivity contribution in [2.45, 2.75) is 45.6 Å². The van der Waals surface area contributed by atoms with Gasteiger partial charge in [-0.3, -0.25) is 0 Å². The minimum Gasteiger partial charge on any atom is -0.457 e. The molecule has 0 heterocycles. The minimum atomic E-state index is -0.424. The van der Waals surface area contributed by atoms with Crippen LogP contribution in [-0.4, -0.2) is 11.6 Å². The van der Waals surface area contributed by atoms with E-state index in [1.54, 1.807) is 0 Å². The van der Waals surface area contributed by atoms with Crippen molar-refractivity contribution >= 4 is 5.97 Å². The summed E-state index contributed by atoms with van der Waals surface area (Å²) in [5, 5.41) is 0. The number of hydrogen-bond acceptors (Lipinski definition) is 3. The van der Waals surface area contributed by atoms with Gasteiger partial charge in [0.1, 0.15) is 5.60 Å². The Balaban J connectivity index is 2.64. The zero-order valence-electron chi connectivity index (χ0n) is 8.52. The van der Waals surface area contributed by atoms with Crippen LogP contribution in [0.4, 0.5) is 0 Å². The zero-order valence-corrected chi connectivity index (χ0v) is 8.52. The van der Waals surface area contributed by atoms with Gasteiger partial charge in [0.2, 0.25) is 0 Å². The fraction of sp³-hybridized carbons (Fsp3) is 0.700. The molecule has 3 nitrogen and oxygen atoms in total. The van der Waals surface area contributed by atoms with Gasteiger partial charge in [-0.15, -0.1) is 0 Å². The molecular formula is C10H17NO2. The first kappa shape index (κ1) is 10.1. The molecule has 13 heavy (non-hydrogen) atoms. The van der Waals surface area contributed by atoms with Gasteiger partial charge < -0.3 is 10.5 Å². The lowest BCUT2D eigenvalue weighted by Gasteiger charge is -2.20. The van der Waals surface area contributed by atoms with E-state index in [0.717, 1.165) is 19.3 Å². The van der Waals surface area contributed by atoms with Gasteiger partial charge in [-0.1, -0.05) is 0 Å².